The molecule has 1 amide bonds. The van der Waals surface area contributed by atoms with Crippen LogP contribution in [0, 0.1) is 6.92 Å². The van der Waals surface area contributed by atoms with E-state index in [4.69, 9.17) is 4.74 Å². The van der Waals surface area contributed by atoms with Crippen LogP contribution >= 0.6 is 11.3 Å². The Morgan fingerprint density at radius 2 is 2.08 bits per heavy atom. The number of carbonyl (C=O) groups excluding carboxylic acids is 1. The minimum Gasteiger partial charge on any atom is -0.363 e. The lowest BCUT2D eigenvalue weighted by atomic mass is 9.92. The number of aromatic nitrogens is 1. The molecule has 0 radical (unpaired) electrons. The van der Waals surface area contributed by atoms with Gasteiger partial charge in [0.1, 0.15) is 6.61 Å². The normalized spacial score (nSPS) is 24.8. The number of morpholine rings is 1. The maximum atomic E-state index is 12.4. The van der Waals surface area contributed by atoms with Crippen LogP contribution < -0.4 is 4.90 Å². The summed E-state index contributed by atoms with van der Waals surface area (Å²) in [6, 6.07) is 9.95. The Bertz CT molecular complexity index is 763. The van der Waals surface area contributed by atoms with E-state index in [9.17, 15) is 4.79 Å². The lowest BCUT2D eigenvalue weighted by Gasteiger charge is -2.42. The number of likely N-dealkylation sites (tertiary alicyclic amines) is 1. The number of rotatable bonds is 3. The third-order valence-electron chi connectivity index (χ3n) is 5.36. The number of amides is 1. The molecule has 2 saturated heterocycles. The van der Waals surface area contributed by atoms with Crippen LogP contribution in [-0.4, -0.2) is 47.6 Å². The molecule has 1 unspecified atom stereocenters. The van der Waals surface area contributed by atoms with Crippen molar-refractivity contribution in [3.63, 3.8) is 0 Å². The number of para-hydroxylation sites is 1. The Kier molecular flexibility index (Phi) is 5.07. The number of hydrogen-bond acceptors (Lipinski definition) is 5. The van der Waals surface area contributed by atoms with Crippen LogP contribution in [0.4, 0.5) is 5.69 Å². The summed E-state index contributed by atoms with van der Waals surface area (Å²) in [6.45, 7) is 5.83. The molecule has 0 aliphatic carbocycles. The smallest absolute Gasteiger partial charge is 0.253 e. The number of aryl methyl sites for hydroxylation is 1. The first-order valence-electron chi connectivity index (χ1n) is 9.26. The predicted molar refractivity (Wildman–Crippen MR) is 103 cm³/mol. The summed E-state index contributed by atoms with van der Waals surface area (Å²) in [5, 5.41) is 3.28. The second kappa shape index (κ2) is 7.47. The Morgan fingerprint density at radius 3 is 2.85 bits per heavy atom. The molecule has 5 nitrogen and oxygen atoms in total. The zero-order valence-electron chi connectivity index (χ0n) is 15.2. The van der Waals surface area contributed by atoms with Crippen LogP contribution in [0.15, 0.2) is 35.7 Å². The lowest BCUT2D eigenvalue weighted by molar-refractivity contribution is -0.140. The van der Waals surface area contributed by atoms with E-state index < -0.39 is 0 Å². The molecule has 2 aliphatic rings. The van der Waals surface area contributed by atoms with E-state index in [-0.39, 0.29) is 18.1 Å². The van der Waals surface area contributed by atoms with Gasteiger partial charge in [-0.05, 0) is 44.9 Å². The summed E-state index contributed by atoms with van der Waals surface area (Å²) in [7, 11) is 0. The maximum absolute atomic E-state index is 12.4. The fourth-order valence-corrected chi connectivity index (χ4v) is 4.56. The van der Waals surface area contributed by atoms with Gasteiger partial charge in [0.25, 0.3) is 5.91 Å². The number of hydrogen-bond donors (Lipinski definition) is 0. The van der Waals surface area contributed by atoms with Gasteiger partial charge in [0.2, 0.25) is 0 Å². The van der Waals surface area contributed by atoms with E-state index in [0.29, 0.717) is 6.54 Å². The van der Waals surface area contributed by atoms with Gasteiger partial charge in [0.15, 0.2) is 0 Å². The van der Waals surface area contributed by atoms with Crippen LogP contribution in [0.2, 0.25) is 0 Å². The second-order valence-electron chi connectivity index (χ2n) is 7.27. The summed E-state index contributed by atoms with van der Waals surface area (Å²) >= 11 is 1.71. The molecule has 0 saturated carbocycles. The fourth-order valence-electron chi connectivity index (χ4n) is 3.95. The molecule has 0 N–H and O–H groups in total. The topological polar surface area (TPSA) is 45.7 Å². The summed E-state index contributed by atoms with van der Waals surface area (Å²) < 4.78 is 6.12. The van der Waals surface area contributed by atoms with Crippen molar-refractivity contribution in [3.8, 4) is 0 Å². The highest BCUT2D eigenvalue weighted by Gasteiger charge is 2.41. The zero-order valence-corrected chi connectivity index (χ0v) is 16.0. The molecule has 1 atom stereocenters. The standard InChI is InChI=1S/C20H25N3O2S/c1-16-21-17(14-26-16)12-22-10-5-8-20(9-11-22)15-23(19(24)13-25-20)18-6-3-2-4-7-18/h2-4,6-7,14H,5,8-13,15H2,1H3. The van der Waals surface area contributed by atoms with Crippen LogP contribution in [-0.2, 0) is 16.1 Å². The summed E-state index contributed by atoms with van der Waals surface area (Å²) in [6.07, 6.45) is 3.03. The molecule has 2 aromatic rings. The zero-order chi connectivity index (χ0) is 18.0. The van der Waals surface area contributed by atoms with E-state index in [0.717, 1.165) is 55.3 Å². The number of nitrogens with zero attached hydrogens (tertiary/aromatic N) is 3. The SMILES string of the molecule is Cc1nc(CN2CCCC3(CC2)CN(c2ccccc2)C(=O)CO3)cs1. The van der Waals surface area contributed by atoms with Crippen LogP contribution in [0.25, 0.3) is 0 Å². The van der Waals surface area contributed by atoms with Gasteiger partial charge in [-0.3, -0.25) is 9.69 Å². The van der Waals surface area contributed by atoms with E-state index in [1.807, 2.05) is 35.2 Å². The number of ether oxygens (including phenoxy) is 1. The average molecular weight is 372 g/mol. The summed E-state index contributed by atoms with van der Waals surface area (Å²) in [5.41, 5.74) is 1.91. The summed E-state index contributed by atoms with van der Waals surface area (Å²) in [4.78, 5) is 21.4. The number of carbonyl (C=O) groups is 1. The number of thiazole rings is 1. The molecule has 0 bridgehead atoms. The van der Waals surface area contributed by atoms with Crippen molar-refractivity contribution in [1.29, 1.82) is 0 Å². The highest BCUT2D eigenvalue weighted by atomic mass is 32.1. The van der Waals surface area contributed by atoms with Gasteiger partial charge in [-0.1, -0.05) is 18.2 Å². The Morgan fingerprint density at radius 1 is 1.23 bits per heavy atom. The Balaban J connectivity index is 1.44. The third-order valence-corrected chi connectivity index (χ3v) is 6.18. The van der Waals surface area contributed by atoms with Gasteiger partial charge in [-0.25, -0.2) is 4.98 Å². The van der Waals surface area contributed by atoms with Crippen molar-refractivity contribution >= 4 is 22.9 Å². The molecule has 138 valence electrons. The van der Waals surface area contributed by atoms with Gasteiger partial charge in [-0.2, -0.15) is 0 Å². The highest BCUT2D eigenvalue weighted by molar-refractivity contribution is 7.09. The monoisotopic (exact) mass is 371 g/mol. The second-order valence-corrected chi connectivity index (χ2v) is 8.34. The van der Waals surface area contributed by atoms with Crippen molar-refractivity contribution in [2.45, 2.75) is 38.3 Å². The van der Waals surface area contributed by atoms with Gasteiger partial charge in [0, 0.05) is 24.2 Å². The molecular formula is C20H25N3O2S. The molecule has 1 aromatic carbocycles. The molecule has 26 heavy (non-hydrogen) atoms. The lowest BCUT2D eigenvalue weighted by Crippen LogP contribution is -2.55. The van der Waals surface area contributed by atoms with Gasteiger partial charge in [-0.15, -0.1) is 11.3 Å². The first-order valence-corrected chi connectivity index (χ1v) is 10.1. The van der Waals surface area contributed by atoms with E-state index in [1.54, 1.807) is 11.3 Å². The van der Waals surface area contributed by atoms with E-state index >= 15 is 0 Å². The molecule has 6 heteroatoms. The van der Waals surface area contributed by atoms with Crippen molar-refractivity contribution in [2.75, 3.05) is 31.1 Å². The fraction of sp³-hybridized carbons (Fsp3) is 0.500. The van der Waals surface area contributed by atoms with Crippen molar-refractivity contribution in [1.82, 2.24) is 9.88 Å². The molecule has 1 spiro atoms. The van der Waals surface area contributed by atoms with E-state index in [1.165, 1.54) is 0 Å². The third kappa shape index (κ3) is 3.82. The molecular weight excluding hydrogens is 346 g/mol. The summed E-state index contributed by atoms with van der Waals surface area (Å²) in [5.74, 6) is 0.0564. The van der Waals surface area contributed by atoms with Crippen molar-refractivity contribution in [2.24, 2.45) is 0 Å². The van der Waals surface area contributed by atoms with Crippen LogP contribution in [0.3, 0.4) is 0 Å². The number of benzene rings is 1. The number of anilines is 1. The van der Waals surface area contributed by atoms with Gasteiger partial charge in [0.05, 0.1) is 22.8 Å². The Labute approximate surface area is 158 Å². The quantitative estimate of drug-likeness (QED) is 0.831. The predicted octanol–water partition coefficient (Wildman–Crippen LogP) is 3.24. The van der Waals surface area contributed by atoms with Crippen LogP contribution in [0.5, 0.6) is 0 Å². The van der Waals surface area contributed by atoms with Gasteiger partial charge < -0.3 is 9.64 Å². The molecule has 4 rings (SSSR count). The van der Waals surface area contributed by atoms with E-state index in [2.05, 4.69) is 22.2 Å². The minimum absolute atomic E-state index is 0.0564. The largest absolute Gasteiger partial charge is 0.363 e. The molecule has 2 aliphatic heterocycles. The molecule has 2 fully saturated rings. The average Bonchev–Trinajstić information content (AvgIpc) is 2.97. The molecule has 1 aromatic heterocycles. The molecule has 3 heterocycles. The maximum Gasteiger partial charge on any atom is 0.253 e. The highest BCUT2D eigenvalue weighted by Crippen LogP contribution is 2.33. The first kappa shape index (κ1) is 17.6. The first-order chi connectivity index (χ1) is 12.6. The minimum atomic E-state index is -0.226. The van der Waals surface area contributed by atoms with Crippen molar-refractivity contribution < 1.29 is 9.53 Å². The van der Waals surface area contributed by atoms with Crippen molar-refractivity contribution in [3.05, 3.63) is 46.4 Å². The van der Waals surface area contributed by atoms with Crippen LogP contribution in [0.1, 0.15) is 30.0 Å². The Hall–Kier alpha value is -1.76. The van der Waals surface area contributed by atoms with Gasteiger partial charge >= 0.3 is 0 Å².